The molecule has 1 aromatic rings. The molecule has 0 fully saturated rings. The number of nitrogens with zero attached hydrogens (tertiary/aromatic N) is 3. The van der Waals surface area contributed by atoms with Crippen LogP contribution in [-0.2, 0) is 6.54 Å². The summed E-state index contributed by atoms with van der Waals surface area (Å²) in [5, 5.41) is 13.2. The Kier molecular flexibility index (Phi) is 5.15. The van der Waals surface area contributed by atoms with E-state index in [0.717, 1.165) is 22.6 Å². The number of aromatic nitrogens is 2. The third kappa shape index (κ3) is 4.06. The molecule has 1 unspecified atom stereocenters. The van der Waals surface area contributed by atoms with E-state index in [2.05, 4.69) is 48.2 Å². The molecule has 1 N–H and O–H groups in total. The zero-order chi connectivity index (χ0) is 12.1. The largest absolute Gasteiger partial charge is 0.363 e. The maximum atomic E-state index is 4.15. The number of anilines is 1. The smallest absolute Gasteiger partial charge is 0.205 e. The van der Waals surface area contributed by atoms with Crippen molar-refractivity contribution < 1.29 is 0 Å². The van der Waals surface area contributed by atoms with Crippen LogP contribution in [0.25, 0.3) is 0 Å². The molecule has 5 heteroatoms. The van der Waals surface area contributed by atoms with E-state index in [1.165, 1.54) is 6.42 Å². The monoisotopic (exact) mass is 242 g/mol. The molecular formula is C11H22N4S. The third-order valence-corrected chi connectivity index (χ3v) is 3.56. The van der Waals surface area contributed by atoms with Crippen molar-refractivity contribution in [2.45, 2.75) is 39.8 Å². The van der Waals surface area contributed by atoms with Crippen LogP contribution in [-0.4, -0.2) is 35.2 Å². The lowest BCUT2D eigenvalue weighted by Gasteiger charge is -2.24. The average Bonchev–Trinajstić information content (AvgIpc) is 2.64. The van der Waals surface area contributed by atoms with Crippen molar-refractivity contribution in [3.05, 3.63) is 5.01 Å². The van der Waals surface area contributed by atoms with Crippen LogP contribution in [0.1, 0.15) is 32.2 Å². The first-order chi connectivity index (χ1) is 7.52. The van der Waals surface area contributed by atoms with E-state index in [-0.39, 0.29) is 0 Å². The highest BCUT2D eigenvalue weighted by Crippen LogP contribution is 2.18. The molecule has 16 heavy (non-hydrogen) atoms. The van der Waals surface area contributed by atoms with Crippen molar-refractivity contribution in [1.29, 1.82) is 0 Å². The second-order valence-corrected chi connectivity index (χ2v) is 5.71. The number of hydrogen-bond donors (Lipinski definition) is 1. The highest BCUT2D eigenvalue weighted by molar-refractivity contribution is 7.15. The van der Waals surface area contributed by atoms with Gasteiger partial charge in [0.1, 0.15) is 5.01 Å². The Labute approximate surface area is 102 Å². The van der Waals surface area contributed by atoms with Crippen LogP contribution in [0.4, 0.5) is 5.13 Å². The van der Waals surface area contributed by atoms with E-state index in [0.29, 0.717) is 6.04 Å². The second kappa shape index (κ2) is 6.15. The molecular weight excluding hydrogens is 220 g/mol. The lowest BCUT2D eigenvalue weighted by molar-refractivity contribution is 0.220. The Morgan fingerprint density at radius 3 is 2.50 bits per heavy atom. The molecule has 0 radical (unpaired) electrons. The first kappa shape index (κ1) is 13.4. The van der Waals surface area contributed by atoms with Gasteiger partial charge in [-0.25, -0.2) is 0 Å². The van der Waals surface area contributed by atoms with Crippen LogP contribution in [0.5, 0.6) is 0 Å². The fourth-order valence-corrected chi connectivity index (χ4v) is 2.41. The van der Waals surface area contributed by atoms with Gasteiger partial charge in [0.2, 0.25) is 5.13 Å². The molecule has 0 aliphatic carbocycles. The lowest BCUT2D eigenvalue weighted by atomic mass is 10.0. The molecule has 0 aliphatic heterocycles. The summed E-state index contributed by atoms with van der Waals surface area (Å²) in [6.07, 6.45) is 1.22. The van der Waals surface area contributed by atoms with E-state index in [4.69, 9.17) is 0 Å². The molecule has 0 spiro atoms. The molecule has 0 saturated heterocycles. The summed E-state index contributed by atoms with van der Waals surface area (Å²) in [5.41, 5.74) is 0. The summed E-state index contributed by atoms with van der Waals surface area (Å²) >= 11 is 1.62. The first-order valence-corrected chi connectivity index (χ1v) is 6.55. The van der Waals surface area contributed by atoms with E-state index in [1.54, 1.807) is 11.3 Å². The normalized spacial score (nSPS) is 13.4. The van der Waals surface area contributed by atoms with E-state index < -0.39 is 0 Å². The fourth-order valence-electron chi connectivity index (χ4n) is 1.65. The molecule has 0 bridgehead atoms. The fraction of sp³-hybridized carbons (Fsp3) is 0.818. The molecule has 92 valence electrons. The van der Waals surface area contributed by atoms with Crippen LogP contribution >= 0.6 is 11.3 Å². The average molecular weight is 242 g/mol. The van der Waals surface area contributed by atoms with Gasteiger partial charge in [0.05, 0.1) is 6.54 Å². The van der Waals surface area contributed by atoms with Gasteiger partial charge in [0, 0.05) is 13.1 Å². The van der Waals surface area contributed by atoms with Crippen molar-refractivity contribution in [3.63, 3.8) is 0 Å². The zero-order valence-corrected chi connectivity index (χ0v) is 11.6. The van der Waals surface area contributed by atoms with Crippen LogP contribution in [0.2, 0.25) is 0 Å². The predicted octanol–water partition coefficient (Wildman–Crippen LogP) is 2.45. The number of hydrogen-bond acceptors (Lipinski definition) is 5. The summed E-state index contributed by atoms with van der Waals surface area (Å²) in [6, 6.07) is 0.585. The molecule has 1 atom stereocenters. The van der Waals surface area contributed by atoms with Gasteiger partial charge >= 0.3 is 0 Å². The van der Waals surface area contributed by atoms with E-state index in [1.807, 2.05) is 7.05 Å². The summed E-state index contributed by atoms with van der Waals surface area (Å²) in [7, 11) is 4.02. The summed E-state index contributed by atoms with van der Waals surface area (Å²) in [4.78, 5) is 2.33. The van der Waals surface area contributed by atoms with Gasteiger partial charge in [-0.1, -0.05) is 25.2 Å². The second-order valence-electron chi connectivity index (χ2n) is 4.64. The van der Waals surface area contributed by atoms with Gasteiger partial charge in [0.15, 0.2) is 0 Å². The van der Waals surface area contributed by atoms with Crippen molar-refractivity contribution in [3.8, 4) is 0 Å². The minimum absolute atomic E-state index is 0.585. The highest BCUT2D eigenvalue weighted by Gasteiger charge is 2.13. The molecule has 1 aromatic heterocycles. The van der Waals surface area contributed by atoms with Crippen molar-refractivity contribution in [1.82, 2.24) is 15.1 Å². The van der Waals surface area contributed by atoms with Crippen LogP contribution < -0.4 is 5.32 Å². The Morgan fingerprint density at radius 1 is 1.31 bits per heavy atom. The van der Waals surface area contributed by atoms with Gasteiger partial charge in [-0.2, -0.15) is 0 Å². The summed E-state index contributed by atoms with van der Waals surface area (Å²) < 4.78 is 0. The van der Waals surface area contributed by atoms with Gasteiger partial charge < -0.3 is 5.32 Å². The molecule has 0 aromatic carbocycles. The zero-order valence-electron chi connectivity index (χ0n) is 10.8. The first-order valence-electron chi connectivity index (χ1n) is 5.73. The number of rotatable bonds is 6. The Balaban J connectivity index is 2.46. The van der Waals surface area contributed by atoms with Gasteiger partial charge in [-0.15, -0.1) is 10.2 Å². The summed E-state index contributed by atoms with van der Waals surface area (Å²) in [5.74, 6) is 0.736. The molecule has 1 rings (SSSR count). The molecule has 4 nitrogen and oxygen atoms in total. The summed E-state index contributed by atoms with van der Waals surface area (Å²) in [6.45, 7) is 7.66. The Morgan fingerprint density at radius 2 is 2.00 bits per heavy atom. The van der Waals surface area contributed by atoms with Crippen LogP contribution in [0.3, 0.4) is 0 Å². The predicted molar refractivity (Wildman–Crippen MR) is 69.8 cm³/mol. The minimum Gasteiger partial charge on any atom is -0.363 e. The van der Waals surface area contributed by atoms with Gasteiger partial charge in [0.25, 0.3) is 0 Å². The molecule has 0 amide bonds. The lowest BCUT2D eigenvalue weighted by Crippen LogP contribution is -2.29. The maximum absolute atomic E-state index is 4.15. The Hall–Kier alpha value is -0.680. The molecule has 0 aliphatic rings. The number of nitrogens with one attached hydrogen (secondary N) is 1. The van der Waals surface area contributed by atoms with E-state index in [9.17, 15) is 0 Å². The standard InChI is InChI=1S/C11H22N4S/c1-8(2)6-9(3)15(5)7-10-13-14-11(12-4)16-10/h8-9H,6-7H2,1-5H3,(H,12,14). The SMILES string of the molecule is CNc1nnc(CN(C)C(C)CC(C)C)s1. The van der Waals surface area contributed by atoms with Gasteiger partial charge in [-0.05, 0) is 26.3 Å². The minimum atomic E-state index is 0.585. The van der Waals surface area contributed by atoms with Crippen molar-refractivity contribution in [2.75, 3.05) is 19.4 Å². The van der Waals surface area contributed by atoms with Crippen LogP contribution in [0.15, 0.2) is 0 Å². The maximum Gasteiger partial charge on any atom is 0.205 e. The molecule has 0 saturated carbocycles. The third-order valence-electron chi connectivity index (χ3n) is 2.63. The van der Waals surface area contributed by atoms with Crippen molar-refractivity contribution in [2.24, 2.45) is 5.92 Å². The van der Waals surface area contributed by atoms with Crippen molar-refractivity contribution >= 4 is 16.5 Å². The van der Waals surface area contributed by atoms with Gasteiger partial charge in [-0.3, -0.25) is 4.90 Å². The quantitative estimate of drug-likeness (QED) is 0.832. The van der Waals surface area contributed by atoms with Crippen LogP contribution in [0, 0.1) is 5.92 Å². The highest BCUT2D eigenvalue weighted by atomic mass is 32.1. The molecule has 1 heterocycles. The Bertz CT molecular complexity index is 311. The topological polar surface area (TPSA) is 41.1 Å². The van der Waals surface area contributed by atoms with E-state index >= 15 is 0 Å².